The Morgan fingerprint density at radius 3 is 1.13 bits per heavy atom. The van der Waals surface area contributed by atoms with Gasteiger partial charge >= 0.3 is 0 Å². The van der Waals surface area contributed by atoms with E-state index >= 15 is 0 Å². The van der Waals surface area contributed by atoms with Gasteiger partial charge in [-0.1, -0.05) is 0 Å². The van der Waals surface area contributed by atoms with Crippen LogP contribution < -0.4 is 0 Å². The highest BCUT2D eigenvalue weighted by Crippen LogP contribution is 2.40. The molecule has 4 fully saturated rings. The van der Waals surface area contributed by atoms with Gasteiger partial charge in [0, 0.05) is 0 Å². The van der Waals surface area contributed by atoms with Crippen molar-refractivity contribution in [3.8, 4) is 0 Å². The maximum Gasteiger partial charge on any atom is 0.130 e. The van der Waals surface area contributed by atoms with E-state index in [1.54, 1.807) is 0 Å². The quantitative estimate of drug-likeness (QED) is 0.317. The Hall–Kier alpha value is -0.160. The smallest absolute Gasteiger partial charge is 0.130 e. The molecule has 2 atom stereocenters. The molecule has 4 aliphatic rings. The van der Waals surface area contributed by atoms with E-state index in [-0.39, 0.29) is 0 Å². The van der Waals surface area contributed by atoms with Crippen LogP contribution in [-0.4, -0.2) is 85.7 Å². The van der Waals surface area contributed by atoms with E-state index in [9.17, 15) is 0 Å². The number of ether oxygens (including phenoxy) is 2. The normalized spacial score (nSPS) is 36.4. The molecule has 0 spiro atoms. The molecule has 2 aliphatic carbocycles. The molecule has 2 heterocycles. The van der Waals surface area contributed by atoms with Crippen molar-refractivity contribution >= 4 is 0 Å². The molecule has 2 unspecified atom stereocenters. The zero-order valence-electron chi connectivity index (χ0n) is 21.2. The van der Waals surface area contributed by atoms with Gasteiger partial charge in [-0.2, -0.15) is 0 Å². The molecule has 0 aromatic heterocycles. The molecule has 0 amide bonds. The summed E-state index contributed by atoms with van der Waals surface area (Å²) >= 11 is 0. The van der Waals surface area contributed by atoms with Gasteiger partial charge in [-0.15, -0.1) is 0 Å². The van der Waals surface area contributed by atoms with Crippen molar-refractivity contribution in [1.29, 1.82) is 0 Å². The molecule has 0 N–H and O–H groups in total. The van der Waals surface area contributed by atoms with Crippen molar-refractivity contribution < 1.29 is 18.4 Å². The summed E-state index contributed by atoms with van der Waals surface area (Å²) in [6, 6.07) is 1.78. The molecular weight excluding hydrogens is 384 g/mol. The third-order valence-electron chi connectivity index (χ3n) is 10.3. The van der Waals surface area contributed by atoms with Crippen LogP contribution >= 0.6 is 0 Å². The van der Waals surface area contributed by atoms with E-state index in [1.807, 2.05) is 0 Å². The highest BCUT2D eigenvalue weighted by Gasteiger charge is 2.44. The Bertz CT molecular complexity index is 487. The van der Waals surface area contributed by atoms with Crippen LogP contribution in [0.25, 0.3) is 0 Å². The predicted molar refractivity (Wildman–Crippen MR) is 128 cm³/mol. The lowest BCUT2D eigenvalue weighted by atomic mass is 9.74. The highest BCUT2D eigenvalue weighted by molar-refractivity contribution is 4.82. The molecule has 0 radical (unpaired) electrons. The summed E-state index contributed by atoms with van der Waals surface area (Å²) in [6.07, 6.45) is 14.4. The minimum atomic E-state index is 0.566. The summed E-state index contributed by atoms with van der Waals surface area (Å²) in [4.78, 5) is 0. The topological polar surface area (TPSA) is 25.1 Å². The van der Waals surface area contributed by atoms with Crippen LogP contribution in [0.4, 0.5) is 0 Å². The van der Waals surface area contributed by atoms with Gasteiger partial charge in [0.05, 0.1) is 51.5 Å². The van der Waals surface area contributed by atoms with E-state index in [0.29, 0.717) is 12.2 Å². The molecular formula is C27H52N2O2+2. The first-order valence-electron chi connectivity index (χ1n) is 14.0. The minimum Gasteiger partial charge on any atom is -0.367 e. The van der Waals surface area contributed by atoms with Gasteiger partial charge in [0.1, 0.15) is 25.3 Å². The van der Waals surface area contributed by atoms with E-state index in [4.69, 9.17) is 9.47 Å². The lowest BCUT2D eigenvalue weighted by Crippen LogP contribution is -2.58. The van der Waals surface area contributed by atoms with Crippen LogP contribution in [-0.2, 0) is 9.47 Å². The first-order chi connectivity index (χ1) is 15.1. The highest BCUT2D eigenvalue weighted by atomic mass is 16.6. The van der Waals surface area contributed by atoms with Crippen LogP contribution in [0.3, 0.4) is 0 Å². The summed E-state index contributed by atoms with van der Waals surface area (Å²) in [7, 11) is 0. The fourth-order valence-electron chi connectivity index (χ4n) is 7.78. The van der Waals surface area contributed by atoms with Gasteiger partial charge in [-0.25, -0.2) is 0 Å². The van der Waals surface area contributed by atoms with Crippen molar-refractivity contribution in [1.82, 2.24) is 0 Å². The molecule has 31 heavy (non-hydrogen) atoms. The molecule has 0 aromatic carbocycles. The van der Waals surface area contributed by atoms with Gasteiger partial charge in [-0.3, -0.25) is 0 Å². The van der Waals surface area contributed by atoms with E-state index in [1.165, 1.54) is 106 Å². The van der Waals surface area contributed by atoms with Crippen molar-refractivity contribution in [2.75, 3.05) is 52.5 Å². The Labute approximate surface area is 192 Å². The maximum absolute atomic E-state index is 5.63. The molecule has 180 valence electrons. The number of rotatable bonds is 12. The summed E-state index contributed by atoms with van der Waals surface area (Å²) in [5, 5.41) is 0. The Morgan fingerprint density at radius 2 is 0.871 bits per heavy atom. The lowest BCUT2D eigenvalue weighted by Gasteiger charge is -2.47. The van der Waals surface area contributed by atoms with Crippen LogP contribution in [0, 0.1) is 11.8 Å². The van der Waals surface area contributed by atoms with Gasteiger partial charge in [0.15, 0.2) is 0 Å². The second kappa shape index (κ2) is 10.4. The molecule has 2 saturated heterocycles. The van der Waals surface area contributed by atoms with Gasteiger partial charge < -0.3 is 18.4 Å². The Balaban J connectivity index is 1.22. The number of epoxide rings is 2. The molecule has 0 bridgehead atoms. The number of hydrogen-bond acceptors (Lipinski definition) is 2. The summed E-state index contributed by atoms with van der Waals surface area (Å²) in [6.45, 7) is 19.4. The number of quaternary nitrogens is 2. The standard InChI is InChI=1S/C27H52N2O2/c1-5-28(6-2,18-26-20-30-26)24-13-9-22(10-14-24)17-23-11-15-25(16-12-23)29(7-3,8-4)19-27-21-31-27/h22-27H,5-21H2,1-4H3/q+2. The van der Waals surface area contributed by atoms with Crippen LogP contribution in [0.2, 0.25) is 0 Å². The first-order valence-corrected chi connectivity index (χ1v) is 14.0. The zero-order chi connectivity index (χ0) is 21.9. The molecule has 4 heteroatoms. The summed E-state index contributed by atoms with van der Waals surface area (Å²) in [5.41, 5.74) is 0. The maximum atomic E-state index is 5.63. The van der Waals surface area contributed by atoms with Crippen molar-refractivity contribution in [3.63, 3.8) is 0 Å². The van der Waals surface area contributed by atoms with Crippen molar-refractivity contribution in [2.45, 2.75) is 110 Å². The second-order valence-electron chi connectivity index (χ2n) is 11.6. The van der Waals surface area contributed by atoms with E-state index < -0.39 is 0 Å². The summed E-state index contributed by atoms with van der Waals surface area (Å²) in [5.74, 6) is 2.00. The van der Waals surface area contributed by atoms with Gasteiger partial charge in [-0.05, 0) is 97.3 Å². The number of likely N-dealkylation sites (N-methyl/N-ethyl adjacent to an activating group) is 2. The second-order valence-corrected chi connectivity index (χ2v) is 11.6. The molecule has 2 saturated carbocycles. The lowest BCUT2D eigenvalue weighted by molar-refractivity contribution is -0.950. The average molecular weight is 437 g/mol. The largest absolute Gasteiger partial charge is 0.367 e. The summed E-state index contributed by atoms with van der Waals surface area (Å²) < 4.78 is 13.9. The first kappa shape index (κ1) is 24.0. The van der Waals surface area contributed by atoms with Crippen LogP contribution in [0.15, 0.2) is 0 Å². The van der Waals surface area contributed by atoms with Crippen molar-refractivity contribution in [2.24, 2.45) is 11.8 Å². The van der Waals surface area contributed by atoms with Crippen LogP contribution in [0.1, 0.15) is 85.5 Å². The third-order valence-corrected chi connectivity index (χ3v) is 10.3. The molecule has 4 nitrogen and oxygen atoms in total. The van der Waals surface area contributed by atoms with Crippen LogP contribution in [0.5, 0.6) is 0 Å². The predicted octanol–water partition coefficient (Wildman–Crippen LogP) is 5.00. The fourth-order valence-corrected chi connectivity index (χ4v) is 7.78. The molecule has 2 aliphatic heterocycles. The average Bonchev–Trinajstić information content (AvgIpc) is 3.74. The van der Waals surface area contributed by atoms with Gasteiger partial charge in [0.2, 0.25) is 0 Å². The Kier molecular flexibility index (Phi) is 8.05. The zero-order valence-corrected chi connectivity index (χ0v) is 21.2. The van der Waals surface area contributed by atoms with Gasteiger partial charge in [0.25, 0.3) is 0 Å². The third kappa shape index (κ3) is 5.67. The van der Waals surface area contributed by atoms with E-state index in [0.717, 1.165) is 37.1 Å². The van der Waals surface area contributed by atoms with E-state index in [2.05, 4.69) is 27.7 Å². The minimum absolute atomic E-state index is 0.566. The monoisotopic (exact) mass is 436 g/mol. The fraction of sp³-hybridized carbons (Fsp3) is 1.00. The number of hydrogen-bond donors (Lipinski definition) is 0. The number of nitrogens with zero attached hydrogens (tertiary/aromatic N) is 2. The molecule has 0 aromatic rings. The Morgan fingerprint density at radius 1 is 0.548 bits per heavy atom. The SMILES string of the molecule is CC[N+](CC)(CC1CO1)C1CCC(CC2CCC([N+](CC)(CC)CC3CO3)CC2)CC1. The van der Waals surface area contributed by atoms with Crippen molar-refractivity contribution in [3.05, 3.63) is 0 Å². The molecule has 4 rings (SSSR count).